The van der Waals surface area contributed by atoms with Crippen molar-refractivity contribution >= 4 is 5.91 Å². The highest BCUT2D eigenvalue weighted by molar-refractivity contribution is 5.94. The molecule has 8 heteroatoms. The number of hydrogen-bond acceptors (Lipinski definition) is 6. The summed E-state index contributed by atoms with van der Waals surface area (Å²) in [5, 5.41) is 14.2. The minimum absolute atomic E-state index is 0.0643. The third-order valence-electron chi connectivity index (χ3n) is 5.55. The average molecular weight is 406 g/mol. The summed E-state index contributed by atoms with van der Waals surface area (Å²) in [4.78, 5) is 15.0. The normalized spacial score (nSPS) is 15.1. The van der Waals surface area contributed by atoms with Gasteiger partial charge in [0, 0.05) is 18.7 Å². The van der Waals surface area contributed by atoms with E-state index in [9.17, 15) is 4.79 Å². The molecule has 3 aromatic rings. The van der Waals surface area contributed by atoms with E-state index in [-0.39, 0.29) is 5.91 Å². The van der Waals surface area contributed by atoms with E-state index in [1.165, 1.54) is 16.6 Å². The number of tetrazole rings is 1. The van der Waals surface area contributed by atoms with Crippen LogP contribution in [0.3, 0.4) is 0 Å². The van der Waals surface area contributed by atoms with Crippen LogP contribution in [0, 0.1) is 5.92 Å². The van der Waals surface area contributed by atoms with Gasteiger partial charge < -0.3 is 10.1 Å². The van der Waals surface area contributed by atoms with Crippen LogP contribution in [0.1, 0.15) is 28.8 Å². The highest BCUT2D eigenvalue weighted by Gasteiger charge is 2.20. The maximum absolute atomic E-state index is 12.6. The molecule has 8 nitrogen and oxygen atoms in total. The van der Waals surface area contributed by atoms with Gasteiger partial charge in [-0.2, -0.15) is 0 Å². The highest BCUT2D eigenvalue weighted by Crippen LogP contribution is 2.20. The Balaban J connectivity index is 1.23. The van der Waals surface area contributed by atoms with Gasteiger partial charge >= 0.3 is 0 Å². The quantitative estimate of drug-likeness (QED) is 0.648. The van der Waals surface area contributed by atoms with E-state index in [0.717, 1.165) is 43.9 Å². The van der Waals surface area contributed by atoms with Crippen molar-refractivity contribution in [2.24, 2.45) is 5.92 Å². The van der Waals surface area contributed by atoms with E-state index >= 15 is 0 Å². The van der Waals surface area contributed by atoms with Gasteiger partial charge in [-0.15, -0.1) is 5.10 Å². The summed E-state index contributed by atoms with van der Waals surface area (Å²) < 4.78 is 6.76. The van der Waals surface area contributed by atoms with Crippen molar-refractivity contribution in [3.05, 3.63) is 66.0 Å². The highest BCUT2D eigenvalue weighted by atomic mass is 16.5. The lowest BCUT2D eigenvalue weighted by Gasteiger charge is -2.32. The second kappa shape index (κ2) is 9.49. The monoisotopic (exact) mass is 406 g/mol. The van der Waals surface area contributed by atoms with Gasteiger partial charge in [0.25, 0.3) is 5.91 Å². The number of hydrogen-bond donors (Lipinski definition) is 1. The van der Waals surface area contributed by atoms with Crippen molar-refractivity contribution in [3.63, 3.8) is 0 Å². The molecule has 0 aliphatic carbocycles. The lowest BCUT2D eigenvalue weighted by atomic mass is 9.96. The van der Waals surface area contributed by atoms with Gasteiger partial charge in [0.1, 0.15) is 12.1 Å². The molecule has 30 heavy (non-hydrogen) atoms. The average Bonchev–Trinajstić information content (AvgIpc) is 3.34. The Morgan fingerprint density at radius 2 is 1.97 bits per heavy atom. The number of aromatic nitrogens is 4. The van der Waals surface area contributed by atoms with Gasteiger partial charge in [0.2, 0.25) is 0 Å². The van der Waals surface area contributed by atoms with E-state index in [1.807, 2.05) is 24.3 Å². The summed E-state index contributed by atoms with van der Waals surface area (Å²) in [6, 6.07) is 15.6. The number of amides is 1. The predicted molar refractivity (Wildman–Crippen MR) is 112 cm³/mol. The fourth-order valence-corrected chi connectivity index (χ4v) is 3.75. The van der Waals surface area contributed by atoms with E-state index in [0.29, 0.717) is 18.0 Å². The second-order valence-electron chi connectivity index (χ2n) is 7.58. The zero-order valence-electron chi connectivity index (χ0n) is 17.1. The molecule has 1 saturated heterocycles. The first-order valence-corrected chi connectivity index (χ1v) is 10.2. The van der Waals surface area contributed by atoms with Crippen LogP contribution in [0.4, 0.5) is 0 Å². The smallest absolute Gasteiger partial charge is 0.251 e. The Bertz CT molecular complexity index is 950. The molecule has 1 amide bonds. The molecule has 0 atom stereocenters. The lowest BCUT2D eigenvalue weighted by molar-refractivity contribution is 0.0935. The van der Waals surface area contributed by atoms with Crippen LogP contribution in [0.25, 0.3) is 5.69 Å². The second-order valence-corrected chi connectivity index (χ2v) is 7.58. The predicted octanol–water partition coefficient (Wildman–Crippen LogP) is 2.31. The van der Waals surface area contributed by atoms with E-state index in [4.69, 9.17) is 4.74 Å². The number of nitrogens with zero attached hydrogens (tertiary/aromatic N) is 5. The Labute approximate surface area is 175 Å². The van der Waals surface area contributed by atoms with Crippen LogP contribution in [0.5, 0.6) is 5.75 Å². The van der Waals surface area contributed by atoms with Crippen molar-refractivity contribution in [2.75, 3.05) is 26.7 Å². The molecule has 1 N–H and O–H groups in total. The number of benzene rings is 2. The van der Waals surface area contributed by atoms with Crippen LogP contribution in [0.2, 0.25) is 0 Å². The van der Waals surface area contributed by atoms with Crippen LogP contribution in [0.15, 0.2) is 54.9 Å². The maximum atomic E-state index is 12.6. The molecule has 1 fully saturated rings. The molecule has 2 aromatic carbocycles. The first kappa shape index (κ1) is 20.0. The van der Waals surface area contributed by atoms with Crippen LogP contribution >= 0.6 is 0 Å². The van der Waals surface area contributed by atoms with Crippen LogP contribution < -0.4 is 10.1 Å². The van der Waals surface area contributed by atoms with Crippen molar-refractivity contribution in [2.45, 2.75) is 19.4 Å². The standard InChI is InChI=1S/C22H26N6O2/c1-30-21-7-5-18(6-8-21)15-27-11-9-17(10-12-27)14-23-22(29)19-3-2-4-20(13-19)28-16-24-25-26-28/h2-8,13,16-17H,9-12,14-15H2,1H3,(H,23,29). The van der Waals surface area contributed by atoms with Crippen molar-refractivity contribution in [1.29, 1.82) is 0 Å². The number of ether oxygens (including phenoxy) is 1. The molecule has 0 unspecified atom stereocenters. The molecule has 0 saturated carbocycles. The van der Waals surface area contributed by atoms with Gasteiger partial charge in [-0.25, -0.2) is 4.68 Å². The molecule has 2 heterocycles. The molecule has 0 spiro atoms. The van der Waals surface area contributed by atoms with E-state index < -0.39 is 0 Å². The van der Waals surface area contributed by atoms with Gasteiger partial charge in [0.05, 0.1) is 12.8 Å². The summed E-state index contributed by atoms with van der Waals surface area (Å²) in [5.41, 5.74) is 2.67. The molecule has 4 rings (SSSR count). The number of likely N-dealkylation sites (tertiary alicyclic amines) is 1. The number of carbonyl (C=O) groups excluding carboxylic acids is 1. The Morgan fingerprint density at radius 3 is 2.67 bits per heavy atom. The summed E-state index contributed by atoms with van der Waals surface area (Å²) in [6.45, 7) is 3.74. The summed E-state index contributed by atoms with van der Waals surface area (Å²) >= 11 is 0. The Kier molecular flexibility index (Phi) is 6.34. The minimum Gasteiger partial charge on any atom is -0.497 e. The molecule has 1 aromatic heterocycles. The Hall–Kier alpha value is -3.26. The molecule has 0 radical (unpaired) electrons. The molecular formula is C22H26N6O2. The molecule has 1 aliphatic rings. The SMILES string of the molecule is COc1ccc(CN2CCC(CNC(=O)c3cccc(-n4cnnn4)c3)CC2)cc1. The lowest BCUT2D eigenvalue weighted by Crippen LogP contribution is -2.38. The van der Waals surface area contributed by atoms with Crippen molar-refractivity contribution in [3.8, 4) is 11.4 Å². The molecular weight excluding hydrogens is 380 g/mol. The first-order chi connectivity index (χ1) is 14.7. The number of methoxy groups -OCH3 is 1. The minimum atomic E-state index is -0.0643. The van der Waals surface area contributed by atoms with Gasteiger partial charge in [-0.1, -0.05) is 18.2 Å². The fraction of sp³-hybridized carbons (Fsp3) is 0.364. The Morgan fingerprint density at radius 1 is 1.17 bits per heavy atom. The molecule has 156 valence electrons. The largest absolute Gasteiger partial charge is 0.497 e. The number of nitrogens with one attached hydrogen (secondary N) is 1. The molecule has 1 aliphatic heterocycles. The first-order valence-electron chi connectivity index (χ1n) is 10.2. The fourth-order valence-electron chi connectivity index (χ4n) is 3.75. The molecule has 0 bridgehead atoms. The third-order valence-corrected chi connectivity index (χ3v) is 5.55. The number of carbonyl (C=O) groups is 1. The summed E-state index contributed by atoms with van der Waals surface area (Å²) in [6.07, 6.45) is 3.68. The van der Waals surface area contributed by atoms with Crippen molar-refractivity contribution in [1.82, 2.24) is 30.4 Å². The maximum Gasteiger partial charge on any atom is 0.251 e. The third kappa shape index (κ3) is 5.01. The van der Waals surface area contributed by atoms with Crippen LogP contribution in [-0.2, 0) is 6.54 Å². The number of piperidine rings is 1. The topological polar surface area (TPSA) is 85.2 Å². The summed E-state index contributed by atoms with van der Waals surface area (Å²) in [5.74, 6) is 1.33. The van der Waals surface area contributed by atoms with Gasteiger partial charge in [-0.3, -0.25) is 9.69 Å². The van der Waals surface area contributed by atoms with E-state index in [1.54, 1.807) is 19.2 Å². The summed E-state index contributed by atoms with van der Waals surface area (Å²) in [7, 11) is 1.68. The van der Waals surface area contributed by atoms with E-state index in [2.05, 4.69) is 37.9 Å². The zero-order chi connectivity index (χ0) is 20.8. The van der Waals surface area contributed by atoms with Crippen LogP contribution in [-0.4, -0.2) is 57.8 Å². The van der Waals surface area contributed by atoms with Crippen molar-refractivity contribution < 1.29 is 9.53 Å². The zero-order valence-corrected chi connectivity index (χ0v) is 17.1. The van der Waals surface area contributed by atoms with Gasteiger partial charge in [-0.05, 0) is 78.2 Å². The number of rotatable bonds is 7. The van der Waals surface area contributed by atoms with Gasteiger partial charge in [0.15, 0.2) is 0 Å².